The molecule has 0 bridgehead atoms. The van der Waals surface area contributed by atoms with E-state index in [0.717, 1.165) is 31.3 Å². The Bertz CT molecular complexity index is 393. The number of aromatic nitrogens is 2. The molecule has 86 valence electrons. The fraction of sp³-hybridized carbons (Fsp3) is 0.455. The molecule has 2 rings (SSSR count). The van der Waals surface area contributed by atoms with E-state index in [0.29, 0.717) is 5.56 Å². The number of allylic oxidation sites excluding steroid dienone is 2. The number of alkyl halides is 3. The summed E-state index contributed by atoms with van der Waals surface area (Å²) in [6.45, 7) is 0. The van der Waals surface area contributed by atoms with Crippen LogP contribution in [0.25, 0.3) is 5.57 Å². The van der Waals surface area contributed by atoms with Crippen molar-refractivity contribution in [2.45, 2.75) is 31.9 Å². The van der Waals surface area contributed by atoms with Gasteiger partial charge in [-0.05, 0) is 31.3 Å². The van der Waals surface area contributed by atoms with Crippen LogP contribution in [0.4, 0.5) is 13.2 Å². The molecule has 0 aromatic carbocycles. The van der Waals surface area contributed by atoms with Crippen LogP contribution in [0.2, 0.25) is 0 Å². The monoisotopic (exact) mass is 228 g/mol. The summed E-state index contributed by atoms with van der Waals surface area (Å²) < 4.78 is 36.7. The average molecular weight is 228 g/mol. The standard InChI is InChI=1S/C11H11F3N2/c12-11(13,14)10-15-6-9(7-16-10)8-4-2-1-3-5-8/h4,6-7H,1-3,5H2. The Hall–Kier alpha value is -1.39. The van der Waals surface area contributed by atoms with Gasteiger partial charge in [-0.25, -0.2) is 9.97 Å². The number of hydrogen-bond donors (Lipinski definition) is 0. The lowest BCUT2D eigenvalue weighted by molar-refractivity contribution is -0.145. The first-order valence-electron chi connectivity index (χ1n) is 5.16. The molecule has 0 spiro atoms. The molecule has 0 unspecified atom stereocenters. The predicted octanol–water partition coefficient (Wildman–Crippen LogP) is 3.45. The zero-order chi connectivity index (χ0) is 11.6. The van der Waals surface area contributed by atoms with E-state index in [-0.39, 0.29) is 0 Å². The molecular weight excluding hydrogens is 217 g/mol. The van der Waals surface area contributed by atoms with Gasteiger partial charge in [0, 0.05) is 18.0 Å². The van der Waals surface area contributed by atoms with E-state index >= 15 is 0 Å². The van der Waals surface area contributed by atoms with Crippen LogP contribution in [0, 0.1) is 0 Å². The van der Waals surface area contributed by atoms with Gasteiger partial charge in [0.2, 0.25) is 5.82 Å². The molecule has 1 heterocycles. The van der Waals surface area contributed by atoms with Gasteiger partial charge in [-0.2, -0.15) is 13.2 Å². The molecule has 0 aliphatic heterocycles. The van der Waals surface area contributed by atoms with Gasteiger partial charge in [-0.3, -0.25) is 0 Å². The first kappa shape index (κ1) is 11.1. The first-order valence-corrected chi connectivity index (χ1v) is 5.16. The van der Waals surface area contributed by atoms with E-state index in [1.807, 2.05) is 0 Å². The van der Waals surface area contributed by atoms with Crippen LogP contribution in [0.5, 0.6) is 0 Å². The predicted molar refractivity (Wildman–Crippen MR) is 53.5 cm³/mol. The second-order valence-electron chi connectivity index (χ2n) is 3.77. The molecular formula is C11H11F3N2. The van der Waals surface area contributed by atoms with E-state index < -0.39 is 12.0 Å². The van der Waals surface area contributed by atoms with Crippen LogP contribution in [0.15, 0.2) is 18.5 Å². The zero-order valence-electron chi connectivity index (χ0n) is 8.59. The minimum Gasteiger partial charge on any atom is -0.232 e. The highest BCUT2D eigenvalue weighted by Crippen LogP contribution is 2.28. The molecule has 0 N–H and O–H groups in total. The van der Waals surface area contributed by atoms with Gasteiger partial charge in [0.05, 0.1) is 0 Å². The smallest absolute Gasteiger partial charge is 0.232 e. The lowest BCUT2D eigenvalue weighted by atomic mass is 9.95. The number of halogens is 3. The molecule has 0 fully saturated rings. The number of hydrogen-bond acceptors (Lipinski definition) is 2. The fourth-order valence-electron chi connectivity index (χ4n) is 1.74. The third-order valence-corrected chi connectivity index (χ3v) is 2.57. The molecule has 16 heavy (non-hydrogen) atoms. The summed E-state index contributed by atoms with van der Waals surface area (Å²) in [6.07, 6.45) is 4.21. The lowest BCUT2D eigenvalue weighted by Crippen LogP contribution is -2.10. The lowest BCUT2D eigenvalue weighted by Gasteiger charge is -2.12. The average Bonchev–Trinajstić information content (AvgIpc) is 2.29. The van der Waals surface area contributed by atoms with Crippen LogP contribution in [0.3, 0.4) is 0 Å². The summed E-state index contributed by atoms with van der Waals surface area (Å²) in [5.74, 6) is -1.08. The van der Waals surface area contributed by atoms with E-state index in [4.69, 9.17) is 0 Å². The van der Waals surface area contributed by atoms with Crippen molar-refractivity contribution in [1.82, 2.24) is 9.97 Å². The van der Waals surface area contributed by atoms with Crippen LogP contribution >= 0.6 is 0 Å². The minimum absolute atomic E-state index is 0.702. The van der Waals surface area contributed by atoms with Gasteiger partial charge in [-0.1, -0.05) is 6.08 Å². The van der Waals surface area contributed by atoms with Gasteiger partial charge in [0.1, 0.15) is 0 Å². The molecule has 1 aliphatic rings. The Labute approximate surface area is 91.2 Å². The Morgan fingerprint density at radius 1 is 1.06 bits per heavy atom. The molecule has 0 radical (unpaired) electrons. The quantitative estimate of drug-likeness (QED) is 0.735. The van der Waals surface area contributed by atoms with E-state index in [1.165, 1.54) is 12.4 Å². The summed E-state index contributed by atoms with van der Waals surface area (Å²) in [4.78, 5) is 6.70. The van der Waals surface area contributed by atoms with Crippen molar-refractivity contribution in [3.05, 3.63) is 29.9 Å². The van der Waals surface area contributed by atoms with Crippen molar-refractivity contribution in [3.8, 4) is 0 Å². The van der Waals surface area contributed by atoms with Crippen LogP contribution < -0.4 is 0 Å². The van der Waals surface area contributed by atoms with Crippen molar-refractivity contribution < 1.29 is 13.2 Å². The van der Waals surface area contributed by atoms with Crippen LogP contribution in [-0.2, 0) is 6.18 Å². The normalized spacial score (nSPS) is 17.1. The van der Waals surface area contributed by atoms with Gasteiger partial charge >= 0.3 is 6.18 Å². The van der Waals surface area contributed by atoms with Gasteiger partial charge in [0.15, 0.2) is 0 Å². The van der Waals surface area contributed by atoms with Gasteiger partial charge < -0.3 is 0 Å². The fourth-order valence-corrected chi connectivity index (χ4v) is 1.74. The molecule has 0 atom stereocenters. The van der Waals surface area contributed by atoms with Crippen molar-refractivity contribution in [2.75, 3.05) is 0 Å². The summed E-state index contributed by atoms with van der Waals surface area (Å²) >= 11 is 0. The van der Waals surface area contributed by atoms with E-state index in [2.05, 4.69) is 16.0 Å². The molecule has 1 aromatic rings. The highest BCUT2D eigenvalue weighted by Gasteiger charge is 2.34. The van der Waals surface area contributed by atoms with Crippen molar-refractivity contribution in [2.24, 2.45) is 0 Å². The molecule has 1 aromatic heterocycles. The maximum Gasteiger partial charge on any atom is 0.451 e. The second-order valence-corrected chi connectivity index (χ2v) is 3.77. The molecule has 2 nitrogen and oxygen atoms in total. The summed E-state index contributed by atoms with van der Waals surface area (Å²) in [7, 11) is 0. The number of rotatable bonds is 1. The third-order valence-electron chi connectivity index (χ3n) is 2.57. The van der Waals surface area contributed by atoms with Crippen LogP contribution in [-0.4, -0.2) is 9.97 Å². The SMILES string of the molecule is FC(F)(F)c1ncc(C2=CCCCC2)cn1. The minimum atomic E-state index is -4.46. The summed E-state index contributed by atoms with van der Waals surface area (Å²) in [5.41, 5.74) is 1.76. The molecule has 0 amide bonds. The second kappa shape index (κ2) is 4.23. The molecule has 1 aliphatic carbocycles. The van der Waals surface area contributed by atoms with Crippen molar-refractivity contribution in [1.29, 1.82) is 0 Å². The van der Waals surface area contributed by atoms with Gasteiger partial charge in [-0.15, -0.1) is 0 Å². The zero-order valence-corrected chi connectivity index (χ0v) is 8.59. The molecule has 0 saturated heterocycles. The molecule has 0 saturated carbocycles. The largest absolute Gasteiger partial charge is 0.451 e. The van der Waals surface area contributed by atoms with Gasteiger partial charge in [0.25, 0.3) is 0 Å². The van der Waals surface area contributed by atoms with Crippen LogP contribution in [0.1, 0.15) is 37.1 Å². The highest BCUT2D eigenvalue weighted by molar-refractivity contribution is 5.64. The van der Waals surface area contributed by atoms with Crippen molar-refractivity contribution >= 4 is 5.57 Å². The highest BCUT2D eigenvalue weighted by atomic mass is 19.4. The Morgan fingerprint density at radius 2 is 1.75 bits per heavy atom. The van der Waals surface area contributed by atoms with E-state index in [1.54, 1.807) is 0 Å². The Kier molecular flexibility index (Phi) is 2.94. The third kappa shape index (κ3) is 2.40. The summed E-state index contributed by atoms with van der Waals surface area (Å²) in [5, 5.41) is 0. The number of nitrogens with zero attached hydrogens (tertiary/aromatic N) is 2. The Morgan fingerprint density at radius 3 is 2.25 bits per heavy atom. The maximum absolute atomic E-state index is 12.2. The van der Waals surface area contributed by atoms with E-state index in [9.17, 15) is 13.2 Å². The first-order chi connectivity index (χ1) is 7.57. The Balaban J connectivity index is 2.22. The summed E-state index contributed by atoms with van der Waals surface area (Å²) in [6, 6.07) is 0. The maximum atomic E-state index is 12.2. The topological polar surface area (TPSA) is 25.8 Å². The van der Waals surface area contributed by atoms with Crippen molar-refractivity contribution in [3.63, 3.8) is 0 Å². The molecule has 5 heteroatoms.